The van der Waals surface area contributed by atoms with Crippen LogP contribution in [0.5, 0.6) is 0 Å². The van der Waals surface area contributed by atoms with Gasteiger partial charge in [-0.3, -0.25) is 0 Å². The molecule has 0 aliphatic heterocycles. The molecular formula is C7H7BrN4. The zero-order chi connectivity index (χ0) is 8.72. The van der Waals surface area contributed by atoms with Crippen LogP contribution in [-0.2, 0) is 0 Å². The van der Waals surface area contributed by atoms with E-state index in [4.69, 9.17) is 11.6 Å². The van der Waals surface area contributed by atoms with Crippen molar-refractivity contribution >= 4 is 32.9 Å². The minimum absolute atomic E-state index is 0.317. The van der Waals surface area contributed by atoms with Gasteiger partial charge in [-0.25, -0.2) is 9.66 Å². The number of aromatic nitrogens is 2. The lowest BCUT2D eigenvalue weighted by atomic mass is 10.3. The molecule has 0 atom stereocenters. The predicted octanol–water partition coefficient (Wildman–Crippen LogP) is 1.09. The van der Waals surface area contributed by atoms with E-state index in [2.05, 4.69) is 20.9 Å². The summed E-state index contributed by atoms with van der Waals surface area (Å²) in [5.41, 5.74) is 7.14. The Morgan fingerprint density at radius 1 is 1.42 bits per heavy atom. The van der Waals surface area contributed by atoms with Gasteiger partial charge in [-0.15, -0.1) is 0 Å². The number of nitrogens with zero attached hydrogens (tertiary/aromatic N) is 2. The Kier molecular flexibility index (Phi) is 1.47. The zero-order valence-corrected chi connectivity index (χ0v) is 7.75. The molecule has 0 radical (unpaired) electrons. The number of halogens is 1. The van der Waals surface area contributed by atoms with Crippen LogP contribution < -0.4 is 11.6 Å². The van der Waals surface area contributed by atoms with E-state index in [1.165, 1.54) is 4.68 Å². The molecule has 0 saturated carbocycles. The lowest BCUT2D eigenvalue weighted by Gasteiger charge is -1.95. The molecule has 5 heteroatoms. The van der Waals surface area contributed by atoms with Gasteiger partial charge in [-0.05, 0) is 28.1 Å². The third kappa shape index (κ3) is 0.863. The number of anilines is 1. The Labute approximate surface area is 77.3 Å². The molecular weight excluding hydrogens is 220 g/mol. The highest BCUT2D eigenvalue weighted by molar-refractivity contribution is 9.10. The van der Waals surface area contributed by atoms with Gasteiger partial charge in [0.1, 0.15) is 5.52 Å². The summed E-state index contributed by atoms with van der Waals surface area (Å²) < 4.78 is 2.26. The van der Waals surface area contributed by atoms with Crippen molar-refractivity contribution in [1.82, 2.24) is 9.66 Å². The molecule has 2 aromatic rings. The second kappa shape index (κ2) is 2.38. The maximum absolute atomic E-state index is 5.62. The van der Waals surface area contributed by atoms with Gasteiger partial charge in [0, 0.05) is 4.47 Å². The van der Waals surface area contributed by atoms with Crippen LogP contribution in [0.1, 0.15) is 0 Å². The third-order valence-corrected chi connectivity index (χ3v) is 2.34. The van der Waals surface area contributed by atoms with E-state index in [9.17, 15) is 0 Å². The van der Waals surface area contributed by atoms with E-state index >= 15 is 0 Å². The molecule has 0 bridgehead atoms. The van der Waals surface area contributed by atoms with Crippen LogP contribution in [0.2, 0.25) is 0 Å². The fourth-order valence-corrected chi connectivity index (χ4v) is 1.55. The average molecular weight is 227 g/mol. The van der Waals surface area contributed by atoms with Gasteiger partial charge in [0.15, 0.2) is 0 Å². The summed E-state index contributed by atoms with van der Waals surface area (Å²) in [5, 5.41) is 0. The van der Waals surface area contributed by atoms with Crippen molar-refractivity contribution in [2.24, 2.45) is 0 Å². The number of benzene rings is 1. The van der Waals surface area contributed by atoms with E-state index in [0.29, 0.717) is 5.95 Å². The fraction of sp³-hybridized carbons (Fsp3) is 0. The largest absolute Gasteiger partial charge is 0.368 e. The van der Waals surface area contributed by atoms with Crippen LogP contribution in [0.4, 0.5) is 5.95 Å². The number of imidazole rings is 1. The highest BCUT2D eigenvalue weighted by Crippen LogP contribution is 2.23. The van der Waals surface area contributed by atoms with Gasteiger partial charge in [0.05, 0.1) is 5.52 Å². The predicted molar refractivity (Wildman–Crippen MR) is 52.0 cm³/mol. The molecule has 0 saturated heterocycles. The second-order valence-electron chi connectivity index (χ2n) is 2.45. The van der Waals surface area contributed by atoms with E-state index < -0.39 is 0 Å². The first-order chi connectivity index (χ1) is 5.70. The summed E-state index contributed by atoms with van der Waals surface area (Å²) in [6.45, 7) is 0. The topological polar surface area (TPSA) is 69.9 Å². The molecule has 2 rings (SSSR count). The van der Waals surface area contributed by atoms with Crippen molar-refractivity contribution in [1.29, 1.82) is 0 Å². The smallest absolute Gasteiger partial charge is 0.220 e. The normalized spacial score (nSPS) is 10.8. The Morgan fingerprint density at radius 3 is 2.83 bits per heavy atom. The summed E-state index contributed by atoms with van der Waals surface area (Å²) in [6, 6.07) is 5.65. The standard InChI is InChI=1S/C7H7BrN4/c8-4-2-1-3-5-6(4)11-7(9)12(5)10/h1-3H,10H2,(H2,9,11). The third-order valence-electron chi connectivity index (χ3n) is 1.70. The number of rotatable bonds is 0. The molecule has 1 aromatic heterocycles. The van der Waals surface area contributed by atoms with Gasteiger partial charge < -0.3 is 11.6 Å². The Bertz CT molecular complexity index is 434. The number of para-hydroxylation sites is 1. The van der Waals surface area contributed by atoms with E-state index in [0.717, 1.165) is 15.5 Å². The first kappa shape index (κ1) is 7.42. The van der Waals surface area contributed by atoms with Gasteiger partial charge in [-0.1, -0.05) is 6.07 Å². The van der Waals surface area contributed by atoms with Crippen LogP contribution in [0.3, 0.4) is 0 Å². The number of fused-ring (bicyclic) bond motifs is 1. The molecule has 0 amide bonds. The van der Waals surface area contributed by atoms with Crippen molar-refractivity contribution in [3.63, 3.8) is 0 Å². The number of nitrogen functional groups attached to an aromatic ring is 2. The van der Waals surface area contributed by atoms with Crippen LogP contribution in [0, 0.1) is 0 Å². The zero-order valence-electron chi connectivity index (χ0n) is 6.16. The van der Waals surface area contributed by atoms with E-state index in [-0.39, 0.29) is 0 Å². The molecule has 4 N–H and O–H groups in total. The van der Waals surface area contributed by atoms with E-state index in [1.54, 1.807) is 0 Å². The molecule has 0 spiro atoms. The maximum atomic E-state index is 5.62. The fourth-order valence-electron chi connectivity index (χ4n) is 1.10. The van der Waals surface area contributed by atoms with Gasteiger partial charge in [-0.2, -0.15) is 0 Å². The van der Waals surface area contributed by atoms with Crippen molar-refractivity contribution in [3.8, 4) is 0 Å². The summed E-state index contributed by atoms with van der Waals surface area (Å²) in [5.74, 6) is 5.93. The molecule has 4 nitrogen and oxygen atoms in total. The summed E-state index contributed by atoms with van der Waals surface area (Å²) in [6.07, 6.45) is 0. The number of hydrogen-bond acceptors (Lipinski definition) is 3. The van der Waals surface area contributed by atoms with Crippen LogP contribution in [0.15, 0.2) is 22.7 Å². The first-order valence-corrected chi connectivity index (χ1v) is 4.17. The quantitative estimate of drug-likeness (QED) is 0.662. The van der Waals surface area contributed by atoms with Gasteiger partial charge >= 0.3 is 0 Å². The van der Waals surface area contributed by atoms with Crippen molar-refractivity contribution in [2.75, 3.05) is 11.6 Å². The first-order valence-electron chi connectivity index (χ1n) is 3.37. The monoisotopic (exact) mass is 226 g/mol. The molecule has 62 valence electrons. The average Bonchev–Trinajstić information content (AvgIpc) is 2.32. The second-order valence-corrected chi connectivity index (χ2v) is 3.30. The maximum Gasteiger partial charge on any atom is 0.220 e. The molecule has 0 unspecified atom stereocenters. The van der Waals surface area contributed by atoms with Crippen LogP contribution in [0.25, 0.3) is 11.0 Å². The Hall–Kier alpha value is -1.23. The number of nitrogens with two attached hydrogens (primary N) is 2. The highest BCUT2D eigenvalue weighted by Gasteiger charge is 2.06. The minimum Gasteiger partial charge on any atom is -0.368 e. The molecule has 0 aliphatic carbocycles. The van der Waals surface area contributed by atoms with Crippen molar-refractivity contribution in [2.45, 2.75) is 0 Å². The van der Waals surface area contributed by atoms with Gasteiger partial charge in [0.25, 0.3) is 0 Å². The van der Waals surface area contributed by atoms with Crippen LogP contribution in [-0.4, -0.2) is 9.66 Å². The molecule has 12 heavy (non-hydrogen) atoms. The summed E-state index contributed by atoms with van der Waals surface area (Å²) >= 11 is 3.36. The molecule has 0 aliphatic rings. The van der Waals surface area contributed by atoms with Crippen molar-refractivity contribution < 1.29 is 0 Å². The molecule has 1 heterocycles. The Morgan fingerprint density at radius 2 is 2.17 bits per heavy atom. The van der Waals surface area contributed by atoms with Gasteiger partial charge in [0.2, 0.25) is 5.95 Å². The molecule has 0 fully saturated rings. The SMILES string of the molecule is Nc1nc2c(Br)cccc2n1N. The minimum atomic E-state index is 0.317. The lowest BCUT2D eigenvalue weighted by Crippen LogP contribution is -2.11. The van der Waals surface area contributed by atoms with Crippen molar-refractivity contribution in [3.05, 3.63) is 22.7 Å². The molecule has 1 aromatic carbocycles. The number of hydrogen-bond donors (Lipinski definition) is 2. The summed E-state index contributed by atoms with van der Waals surface area (Å²) in [4.78, 5) is 4.08. The van der Waals surface area contributed by atoms with Crippen LogP contribution >= 0.6 is 15.9 Å². The lowest BCUT2D eigenvalue weighted by molar-refractivity contribution is 1.06. The highest BCUT2D eigenvalue weighted by atomic mass is 79.9. The van der Waals surface area contributed by atoms with E-state index in [1.807, 2.05) is 18.2 Å². The Balaban J connectivity index is 2.95. The summed E-state index contributed by atoms with van der Waals surface area (Å²) in [7, 11) is 0.